The number of furan rings is 1. The Balaban J connectivity index is 2.14. The van der Waals surface area contributed by atoms with Gasteiger partial charge in [0.1, 0.15) is 12.4 Å². The Morgan fingerprint density at radius 1 is 1.43 bits per heavy atom. The van der Waals surface area contributed by atoms with Gasteiger partial charge in [-0.25, -0.2) is 0 Å². The van der Waals surface area contributed by atoms with Crippen molar-refractivity contribution in [1.29, 1.82) is 0 Å². The zero-order valence-electron chi connectivity index (χ0n) is 8.49. The second-order valence-electron chi connectivity index (χ2n) is 3.18. The summed E-state index contributed by atoms with van der Waals surface area (Å²) in [5, 5.41) is 0. The summed E-state index contributed by atoms with van der Waals surface area (Å²) in [6.07, 6.45) is 4.16. The first-order valence-electron chi connectivity index (χ1n) is 4.98. The molecule has 0 saturated heterocycles. The standard InChI is InChI=1S/C11H16O3/c1-2-3-4-7-13-9-11-6-5-10(8-12)14-11/h5-6,8H,2-4,7,9H2,1H3. The molecule has 0 aliphatic heterocycles. The van der Waals surface area contributed by atoms with E-state index in [-0.39, 0.29) is 0 Å². The number of aldehydes is 1. The first-order valence-corrected chi connectivity index (χ1v) is 4.98. The Kier molecular flexibility index (Phi) is 5.00. The van der Waals surface area contributed by atoms with E-state index in [9.17, 15) is 4.79 Å². The van der Waals surface area contributed by atoms with Crippen molar-refractivity contribution >= 4 is 6.29 Å². The summed E-state index contributed by atoms with van der Waals surface area (Å²) in [6.45, 7) is 3.37. The highest BCUT2D eigenvalue weighted by atomic mass is 16.5. The summed E-state index contributed by atoms with van der Waals surface area (Å²) in [6, 6.07) is 3.42. The SMILES string of the molecule is CCCCCOCc1ccc(C=O)o1. The Labute approximate surface area is 84.1 Å². The summed E-state index contributed by atoms with van der Waals surface area (Å²) >= 11 is 0. The number of carbonyl (C=O) groups excluding carboxylic acids is 1. The zero-order valence-corrected chi connectivity index (χ0v) is 8.49. The first-order chi connectivity index (χ1) is 6.86. The smallest absolute Gasteiger partial charge is 0.185 e. The number of rotatable bonds is 7. The highest BCUT2D eigenvalue weighted by molar-refractivity contribution is 5.70. The minimum absolute atomic E-state index is 0.358. The molecule has 0 fully saturated rings. The van der Waals surface area contributed by atoms with Crippen LogP contribution in [0.1, 0.15) is 42.5 Å². The molecule has 3 nitrogen and oxygen atoms in total. The van der Waals surface area contributed by atoms with Gasteiger partial charge in [0.2, 0.25) is 0 Å². The van der Waals surface area contributed by atoms with Gasteiger partial charge in [0.05, 0.1) is 0 Å². The van der Waals surface area contributed by atoms with Gasteiger partial charge >= 0.3 is 0 Å². The second kappa shape index (κ2) is 6.38. The van der Waals surface area contributed by atoms with Crippen LogP contribution in [0.5, 0.6) is 0 Å². The van der Waals surface area contributed by atoms with Crippen molar-refractivity contribution in [3.63, 3.8) is 0 Å². The molecule has 0 aliphatic rings. The van der Waals surface area contributed by atoms with Crippen LogP contribution >= 0.6 is 0 Å². The third-order valence-electron chi connectivity index (χ3n) is 1.94. The Bertz CT molecular complexity index is 265. The number of carbonyl (C=O) groups is 1. The van der Waals surface area contributed by atoms with Crippen LogP contribution in [0.25, 0.3) is 0 Å². The van der Waals surface area contributed by atoms with Gasteiger partial charge in [0.15, 0.2) is 12.0 Å². The molecule has 0 aliphatic carbocycles. The van der Waals surface area contributed by atoms with E-state index in [2.05, 4.69) is 6.92 Å². The molecule has 0 aromatic carbocycles. The van der Waals surface area contributed by atoms with E-state index in [1.165, 1.54) is 12.8 Å². The predicted molar refractivity (Wildman–Crippen MR) is 53.3 cm³/mol. The molecular formula is C11H16O3. The maximum Gasteiger partial charge on any atom is 0.185 e. The van der Waals surface area contributed by atoms with Crippen LogP contribution in [0, 0.1) is 0 Å². The Morgan fingerprint density at radius 2 is 2.29 bits per heavy atom. The average Bonchev–Trinajstić information content (AvgIpc) is 2.65. The van der Waals surface area contributed by atoms with Gasteiger partial charge in [0, 0.05) is 6.61 Å². The van der Waals surface area contributed by atoms with Gasteiger partial charge in [-0.1, -0.05) is 19.8 Å². The fourth-order valence-electron chi connectivity index (χ4n) is 1.16. The van der Waals surface area contributed by atoms with Gasteiger partial charge in [-0.15, -0.1) is 0 Å². The summed E-state index contributed by atoms with van der Waals surface area (Å²) in [5.74, 6) is 1.07. The summed E-state index contributed by atoms with van der Waals surface area (Å²) in [5.41, 5.74) is 0. The van der Waals surface area contributed by atoms with Gasteiger partial charge in [-0.05, 0) is 18.6 Å². The van der Waals surface area contributed by atoms with E-state index in [1.54, 1.807) is 12.1 Å². The predicted octanol–water partition coefficient (Wildman–Crippen LogP) is 2.80. The molecule has 1 rings (SSSR count). The molecule has 0 radical (unpaired) electrons. The molecule has 0 atom stereocenters. The highest BCUT2D eigenvalue weighted by Crippen LogP contribution is 2.07. The number of ether oxygens (including phenoxy) is 1. The van der Waals surface area contributed by atoms with Crippen molar-refractivity contribution in [3.8, 4) is 0 Å². The lowest BCUT2D eigenvalue weighted by atomic mass is 10.3. The molecule has 0 amide bonds. The lowest BCUT2D eigenvalue weighted by molar-refractivity contribution is 0.0988. The highest BCUT2D eigenvalue weighted by Gasteiger charge is 2.00. The van der Waals surface area contributed by atoms with Crippen molar-refractivity contribution in [2.75, 3.05) is 6.61 Å². The molecule has 0 bridgehead atoms. The van der Waals surface area contributed by atoms with Crippen molar-refractivity contribution in [3.05, 3.63) is 23.7 Å². The van der Waals surface area contributed by atoms with Crippen LogP contribution in [0.4, 0.5) is 0 Å². The molecule has 0 saturated carbocycles. The quantitative estimate of drug-likeness (QED) is 0.497. The second-order valence-corrected chi connectivity index (χ2v) is 3.18. The Morgan fingerprint density at radius 3 is 2.93 bits per heavy atom. The molecular weight excluding hydrogens is 180 g/mol. The fraction of sp³-hybridized carbons (Fsp3) is 0.545. The molecule has 14 heavy (non-hydrogen) atoms. The molecule has 0 N–H and O–H groups in total. The van der Waals surface area contributed by atoms with Gasteiger partial charge in [-0.3, -0.25) is 4.79 Å². The first kappa shape index (κ1) is 11.0. The fourth-order valence-corrected chi connectivity index (χ4v) is 1.16. The van der Waals surface area contributed by atoms with E-state index in [0.29, 0.717) is 24.4 Å². The van der Waals surface area contributed by atoms with Crippen LogP contribution in [0.2, 0.25) is 0 Å². The maximum absolute atomic E-state index is 10.3. The lowest BCUT2D eigenvalue weighted by Crippen LogP contribution is -1.93. The van der Waals surface area contributed by atoms with Crippen LogP contribution in [0.15, 0.2) is 16.5 Å². The Hall–Kier alpha value is -1.09. The van der Waals surface area contributed by atoms with E-state index < -0.39 is 0 Å². The van der Waals surface area contributed by atoms with Crippen LogP contribution in [-0.2, 0) is 11.3 Å². The topological polar surface area (TPSA) is 39.4 Å². The van der Waals surface area contributed by atoms with Crippen molar-refractivity contribution in [2.45, 2.75) is 32.8 Å². The molecule has 0 unspecified atom stereocenters. The average molecular weight is 196 g/mol. The van der Waals surface area contributed by atoms with E-state index in [1.807, 2.05) is 0 Å². The van der Waals surface area contributed by atoms with Gasteiger partial charge in [0.25, 0.3) is 0 Å². The minimum Gasteiger partial charge on any atom is -0.456 e. The number of unbranched alkanes of at least 4 members (excludes halogenated alkanes) is 2. The molecule has 0 spiro atoms. The normalized spacial score (nSPS) is 10.4. The molecule has 1 heterocycles. The van der Waals surface area contributed by atoms with Gasteiger partial charge in [-0.2, -0.15) is 0 Å². The van der Waals surface area contributed by atoms with E-state index in [0.717, 1.165) is 13.0 Å². The van der Waals surface area contributed by atoms with Crippen LogP contribution in [-0.4, -0.2) is 12.9 Å². The van der Waals surface area contributed by atoms with Gasteiger partial charge < -0.3 is 9.15 Å². The number of hydrogen-bond donors (Lipinski definition) is 0. The summed E-state index contributed by atoms with van der Waals surface area (Å²) < 4.78 is 10.5. The molecule has 1 aromatic heterocycles. The van der Waals surface area contributed by atoms with Crippen molar-refractivity contribution in [1.82, 2.24) is 0 Å². The monoisotopic (exact) mass is 196 g/mol. The van der Waals surface area contributed by atoms with Crippen LogP contribution < -0.4 is 0 Å². The number of hydrogen-bond acceptors (Lipinski definition) is 3. The van der Waals surface area contributed by atoms with E-state index in [4.69, 9.17) is 9.15 Å². The zero-order chi connectivity index (χ0) is 10.2. The third-order valence-corrected chi connectivity index (χ3v) is 1.94. The van der Waals surface area contributed by atoms with Crippen molar-refractivity contribution in [2.24, 2.45) is 0 Å². The van der Waals surface area contributed by atoms with Crippen LogP contribution in [0.3, 0.4) is 0 Å². The maximum atomic E-state index is 10.3. The largest absolute Gasteiger partial charge is 0.456 e. The van der Waals surface area contributed by atoms with Crippen molar-refractivity contribution < 1.29 is 13.9 Å². The van der Waals surface area contributed by atoms with E-state index >= 15 is 0 Å². The lowest BCUT2D eigenvalue weighted by Gasteiger charge is -2.00. The summed E-state index contributed by atoms with van der Waals surface area (Å²) in [4.78, 5) is 10.3. The molecule has 78 valence electrons. The molecule has 3 heteroatoms. The molecule has 1 aromatic rings. The minimum atomic E-state index is 0.358. The third kappa shape index (κ3) is 3.75. The summed E-state index contributed by atoms with van der Waals surface area (Å²) in [7, 11) is 0.